The van der Waals surface area contributed by atoms with Gasteiger partial charge < -0.3 is 19.7 Å². The second-order valence-corrected chi connectivity index (χ2v) is 10.4. The van der Waals surface area contributed by atoms with E-state index in [9.17, 15) is 22.4 Å². The van der Waals surface area contributed by atoms with Crippen LogP contribution in [-0.2, 0) is 26.2 Å². The SMILES string of the molecule is CCNC(=O)C(C)N(Cc1ccc(F)cc1)C(=O)CN(c1ccccc1OC)S(=O)(=O)c1ccc(OC)cc1. The Labute approximate surface area is 228 Å². The van der Waals surface area contributed by atoms with E-state index >= 15 is 0 Å². The van der Waals surface area contributed by atoms with Crippen molar-refractivity contribution in [3.05, 3.63) is 84.2 Å². The van der Waals surface area contributed by atoms with Crippen molar-refractivity contribution in [3.63, 3.8) is 0 Å². The van der Waals surface area contributed by atoms with E-state index in [1.165, 1.54) is 73.7 Å². The number of methoxy groups -OCH3 is 2. The number of anilines is 1. The lowest BCUT2D eigenvalue weighted by Gasteiger charge is -2.32. The molecule has 2 amide bonds. The maximum atomic E-state index is 13.9. The molecule has 0 aliphatic rings. The number of hydrogen-bond donors (Lipinski definition) is 1. The van der Waals surface area contributed by atoms with Gasteiger partial charge in [-0.3, -0.25) is 13.9 Å². The molecule has 11 heteroatoms. The van der Waals surface area contributed by atoms with Crippen LogP contribution in [0.5, 0.6) is 11.5 Å². The molecule has 3 rings (SSSR count). The van der Waals surface area contributed by atoms with Gasteiger partial charge in [-0.15, -0.1) is 0 Å². The van der Waals surface area contributed by atoms with Crippen LogP contribution in [0.1, 0.15) is 19.4 Å². The van der Waals surface area contributed by atoms with Gasteiger partial charge >= 0.3 is 0 Å². The number of ether oxygens (including phenoxy) is 2. The van der Waals surface area contributed by atoms with Crippen LogP contribution >= 0.6 is 0 Å². The number of para-hydroxylation sites is 2. The summed E-state index contributed by atoms with van der Waals surface area (Å²) >= 11 is 0. The van der Waals surface area contributed by atoms with Crippen LogP contribution in [0.3, 0.4) is 0 Å². The van der Waals surface area contributed by atoms with Crippen molar-refractivity contribution < 1.29 is 31.9 Å². The van der Waals surface area contributed by atoms with E-state index < -0.39 is 40.2 Å². The molecule has 0 aromatic heterocycles. The van der Waals surface area contributed by atoms with Crippen molar-refractivity contribution in [3.8, 4) is 11.5 Å². The van der Waals surface area contributed by atoms with E-state index in [0.29, 0.717) is 17.9 Å². The summed E-state index contributed by atoms with van der Waals surface area (Å²) < 4.78 is 52.8. The molecule has 1 N–H and O–H groups in total. The normalized spacial score (nSPS) is 11.8. The summed E-state index contributed by atoms with van der Waals surface area (Å²) in [6.07, 6.45) is 0. The lowest BCUT2D eigenvalue weighted by atomic mass is 10.1. The lowest BCUT2D eigenvalue weighted by molar-refractivity contribution is -0.139. The van der Waals surface area contributed by atoms with Gasteiger partial charge in [0.2, 0.25) is 11.8 Å². The average molecular weight is 558 g/mol. The van der Waals surface area contributed by atoms with Crippen LogP contribution in [0.25, 0.3) is 0 Å². The predicted molar refractivity (Wildman–Crippen MR) is 146 cm³/mol. The predicted octanol–water partition coefficient (Wildman–Crippen LogP) is 3.59. The molecule has 0 aliphatic heterocycles. The number of carbonyl (C=O) groups is 2. The average Bonchev–Trinajstić information content (AvgIpc) is 2.95. The molecular weight excluding hydrogens is 525 g/mol. The first-order chi connectivity index (χ1) is 18.6. The molecule has 0 bridgehead atoms. The van der Waals surface area contributed by atoms with Crippen molar-refractivity contribution in [1.29, 1.82) is 0 Å². The van der Waals surface area contributed by atoms with Crippen LogP contribution in [0, 0.1) is 5.82 Å². The molecule has 1 unspecified atom stereocenters. The van der Waals surface area contributed by atoms with Crippen molar-refractivity contribution in [2.24, 2.45) is 0 Å². The summed E-state index contributed by atoms with van der Waals surface area (Å²) in [7, 11) is -1.41. The number of amides is 2. The topological polar surface area (TPSA) is 105 Å². The zero-order valence-corrected chi connectivity index (χ0v) is 23.1. The molecule has 9 nitrogen and oxygen atoms in total. The van der Waals surface area contributed by atoms with Gasteiger partial charge in [-0.2, -0.15) is 0 Å². The monoisotopic (exact) mass is 557 g/mol. The lowest BCUT2D eigenvalue weighted by Crippen LogP contribution is -2.51. The molecule has 0 saturated heterocycles. The van der Waals surface area contributed by atoms with E-state index in [1.54, 1.807) is 32.0 Å². The summed E-state index contributed by atoms with van der Waals surface area (Å²) in [6, 6.07) is 16.8. The number of hydrogen-bond acceptors (Lipinski definition) is 6. The fourth-order valence-corrected chi connectivity index (χ4v) is 5.34. The third kappa shape index (κ3) is 7.05. The van der Waals surface area contributed by atoms with Gasteiger partial charge in [-0.25, -0.2) is 12.8 Å². The Kier molecular flexibility index (Phi) is 9.89. The van der Waals surface area contributed by atoms with Crippen LogP contribution in [0.4, 0.5) is 10.1 Å². The molecular formula is C28H32FN3O6S. The van der Waals surface area contributed by atoms with Crippen molar-refractivity contribution in [2.45, 2.75) is 31.3 Å². The van der Waals surface area contributed by atoms with E-state index in [0.717, 1.165) is 4.31 Å². The number of nitrogens with zero attached hydrogens (tertiary/aromatic N) is 2. The van der Waals surface area contributed by atoms with E-state index in [1.807, 2.05) is 0 Å². The summed E-state index contributed by atoms with van der Waals surface area (Å²) in [6.45, 7) is 2.99. The van der Waals surface area contributed by atoms with Gasteiger partial charge in [0.1, 0.15) is 29.9 Å². The Morgan fingerprint density at radius 2 is 1.59 bits per heavy atom. The summed E-state index contributed by atoms with van der Waals surface area (Å²) in [5.41, 5.74) is 0.722. The smallest absolute Gasteiger partial charge is 0.264 e. The number of sulfonamides is 1. The first kappa shape index (κ1) is 29.4. The second kappa shape index (κ2) is 13.1. The van der Waals surface area contributed by atoms with Gasteiger partial charge in [0.25, 0.3) is 10.0 Å². The molecule has 39 heavy (non-hydrogen) atoms. The van der Waals surface area contributed by atoms with Crippen LogP contribution < -0.4 is 19.1 Å². The quantitative estimate of drug-likeness (QED) is 0.365. The number of carbonyl (C=O) groups excluding carboxylic acids is 2. The van der Waals surface area contributed by atoms with Crippen LogP contribution in [0.2, 0.25) is 0 Å². The van der Waals surface area contributed by atoms with Crippen molar-refractivity contribution in [2.75, 3.05) is 31.6 Å². The molecule has 1 atom stereocenters. The number of likely N-dealkylation sites (N-methyl/N-ethyl adjacent to an activating group) is 1. The zero-order chi connectivity index (χ0) is 28.6. The van der Waals surface area contributed by atoms with Gasteiger partial charge in [0.15, 0.2) is 0 Å². The van der Waals surface area contributed by atoms with Gasteiger partial charge in [0, 0.05) is 13.1 Å². The summed E-state index contributed by atoms with van der Waals surface area (Å²) in [4.78, 5) is 27.8. The Bertz CT molecular complexity index is 1380. The van der Waals surface area contributed by atoms with E-state index in [2.05, 4.69) is 5.32 Å². The molecule has 0 aliphatic carbocycles. The Hall–Kier alpha value is -4.12. The standard InChI is InChI=1S/C28H32FN3O6S/c1-5-30-28(34)20(2)31(18-21-10-12-22(29)13-11-21)27(33)19-32(25-8-6-7-9-26(25)38-4)39(35,36)24-16-14-23(37-3)15-17-24/h6-17,20H,5,18-19H2,1-4H3,(H,30,34). The molecule has 208 valence electrons. The number of rotatable bonds is 12. The zero-order valence-electron chi connectivity index (χ0n) is 22.3. The minimum atomic E-state index is -4.27. The number of benzene rings is 3. The number of halogens is 1. The highest BCUT2D eigenvalue weighted by atomic mass is 32.2. The molecule has 0 heterocycles. The maximum Gasteiger partial charge on any atom is 0.264 e. The largest absolute Gasteiger partial charge is 0.497 e. The maximum absolute atomic E-state index is 13.9. The van der Waals surface area contributed by atoms with Crippen LogP contribution in [-0.4, -0.2) is 58.5 Å². The fraction of sp³-hybridized carbons (Fsp3) is 0.286. The Balaban J connectivity index is 2.06. The molecule has 3 aromatic carbocycles. The number of nitrogens with one attached hydrogen (secondary N) is 1. The Morgan fingerprint density at radius 3 is 2.18 bits per heavy atom. The third-order valence-electron chi connectivity index (χ3n) is 6.06. The minimum Gasteiger partial charge on any atom is -0.497 e. The molecule has 0 fully saturated rings. The molecule has 3 aromatic rings. The summed E-state index contributed by atoms with van der Waals surface area (Å²) in [5, 5.41) is 2.69. The first-order valence-electron chi connectivity index (χ1n) is 12.2. The van der Waals surface area contributed by atoms with Gasteiger partial charge in [0.05, 0.1) is 24.8 Å². The van der Waals surface area contributed by atoms with Crippen molar-refractivity contribution >= 4 is 27.5 Å². The van der Waals surface area contributed by atoms with Crippen LogP contribution in [0.15, 0.2) is 77.7 Å². The highest BCUT2D eigenvalue weighted by Gasteiger charge is 2.33. The second-order valence-electron chi connectivity index (χ2n) is 8.58. The van der Waals surface area contributed by atoms with Gasteiger partial charge in [-0.05, 0) is 67.9 Å². The molecule has 0 radical (unpaired) electrons. The minimum absolute atomic E-state index is 0.0419. The third-order valence-corrected chi connectivity index (χ3v) is 7.84. The van der Waals surface area contributed by atoms with Crippen molar-refractivity contribution in [1.82, 2.24) is 10.2 Å². The highest BCUT2D eigenvalue weighted by Crippen LogP contribution is 2.33. The van der Waals surface area contributed by atoms with E-state index in [4.69, 9.17) is 9.47 Å². The summed E-state index contributed by atoms with van der Waals surface area (Å²) in [5.74, 6) is -0.781. The fourth-order valence-electron chi connectivity index (χ4n) is 3.92. The first-order valence-corrected chi connectivity index (χ1v) is 13.7. The molecule has 0 spiro atoms. The van der Waals surface area contributed by atoms with E-state index in [-0.39, 0.29) is 22.9 Å². The molecule has 0 saturated carbocycles. The highest BCUT2D eigenvalue weighted by molar-refractivity contribution is 7.92. The van der Waals surface area contributed by atoms with Gasteiger partial charge in [-0.1, -0.05) is 24.3 Å². The Morgan fingerprint density at radius 1 is 0.949 bits per heavy atom.